The Morgan fingerprint density at radius 3 is 2.65 bits per heavy atom. The van der Waals surface area contributed by atoms with Gasteiger partial charge in [-0.05, 0) is 40.2 Å². The number of aryl methyl sites for hydroxylation is 3. The Kier molecular flexibility index (Phi) is 4.94. The van der Waals surface area contributed by atoms with Gasteiger partial charge in [0.15, 0.2) is 0 Å². The summed E-state index contributed by atoms with van der Waals surface area (Å²) in [4.78, 5) is 5.96. The average Bonchev–Trinajstić information content (AvgIpc) is 2.95. The van der Waals surface area contributed by atoms with Crippen molar-refractivity contribution in [3.63, 3.8) is 0 Å². The lowest BCUT2D eigenvalue weighted by molar-refractivity contribution is 0.477. The molecule has 2 aromatic heterocycles. The first-order valence-electron chi connectivity index (χ1n) is 7.22. The topological polar surface area (TPSA) is 53.6 Å². The van der Waals surface area contributed by atoms with Gasteiger partial charge in [-0.25, -0.2) is 4.98 Å². The SMILES string of the molecule is CCc1nc(C)c([C@@H](C)N[C@H](C)Cc2cc(C)[nH]n2)s1. The molecule has 2 heterocycles. The predicted molar refractivity (Wildman–Crippen MR) is 84.3 cm³/mol. The van der Waals surface area contributed by atoms with Crippen LogP contribution in [-0.4, -0.2) is 21.2 Å². The van der Waals surface area contributed by atoms with E-state index in [4.69, 9.17) is 0 Å². The van der Waals surface area contributed by atoms with E-state index < -0.39 is 0 Å². The lowest BCUT2D eigenvalue weighted by Gasteiger charge is -2.18. The highest BCUT2D eigenvalue weighted by molar-refractivity contribution is 7.11. The van der Waals surface area contributed by atoms with Crippen LogP contribution in [0.15, 0.2) is 6.07 Å². The molecule has 0 amide bonds. The van der Waals surface area contributed by atoms with Gasteiger partial charge in [-0.1, -0.05) is 6.92 Å². The lowest BCUT2D eigenvalue weighted by atomic mass is 10.1. The number of nitrogens with one attached hydrogen (secondary N) is 2. The molecule has 0 aliphatic rings. The number of nitrogens with zero attached hydrogens (tertiary/aromatic N) is 2. The van der Waals surface area contributed by atoms with Gasteiger partial charge in [0.05, 0.1) is 16.4 Å². The first-order valence-corrected chi connectivity index (χ1v) is 8.04. The molecular formula is C15H24N4S. The predicted octanol–water partition coefficient (Wildman–Crippen LogP) is 3.33. The molecule has 20 heavy (non-hydrogen) atoms. The van der Waals surface area contributed by atoms with Gasteiger partial charge in [-0.2, -0.15) is 5.10 Å². The minimum atomic E-state index is 0.336. The van der Waals surface area contributed by atoms with Crippen LogP contribution in [0.4, 0.5) is 0 Å². The van der Waals surface area contributed by atoms with Crippen LogP contribution in [-0.2, 0) is 12.8 Å². The first kappa shape index (κ1) is 15.2. The zero-order valence-electron chi connectivity index (χ0n) is 12.9. The number of thiazole rings is 1. The third-order valence-corrected chi connectivity index (χ3v) is 4.87. The Morgan fingerprint density at radius 1 is 1.35 bits per heavy atom. The summed E-state index contributed by atoms with van der Waals surface area (Å²) in [6, 6.07) is 2.83. The molecular weight excluding hydrogens is 268 g/mol. The molecule has 2 atom stereocenters. The Balaban J connectivity index is 1.96. The number of H-pyrrole nitrogens is 1. The van der Waals surface area contributed by atoms with E-state index in [9.17, 15) is 0 Å². The van der Waals surface area contributed by atoms with Crippen LogP contribution < -0.4 is 5.32 Å². The van der Waals surface area contributed by atoms with E-state index >= 15 is 0 Å². The zero-order chi connectivity index (χ0) is 14.7. The van der Waals surface area contributed by atoms with Crippen molar-refractivity contribution < 1.29 is 0 Å². The standard InChI is InChI=1S/C15H24N4S/c1-6-14-17-12(5)15(20-14)11(4)16-9(2)7-13-8-10(3)18-19-13/h8-9,11,16H,6-7H2,1-5H3,(H,18,19)/t9-,11-/m1/s1. The van der Waals surface area contributed by atoms with Crippen LogP contribution in [0, 0.1) is 13.8 Å². The quantitative estimate of drug-likeness (QED) is 0.858. The van der Waals surface area contributed by atoms with Gasteiger partial charge in [0.2, 0.25) is 0 Å². The molecule has 0 aliphatic heterocycles. The maximum atomic E-state index is 4.61. The van der Waals surface area contributed by atoms with E-state index in [1.807, 2.05) is 18.3 Å². The fourth-order valence-corrected chi connectivity index (χ4v) is 3.49. The Morgan fingerprint density at radius 2 is 2.10 bits per heavy atom. The van der Waals surface area contributed by atoms with E-state index in [-0.39, 0.29) is 0 Å². The summed E-state index contributed by atoms with van der Waals surface area (Å²) >= 11 is 1.82. The van der Waals surface area contributed by atoms with Crippen LogP contribution in [0.1, 0.15) is 53.8 Å². The minimum Gasteiger partial charge on any atom is -0.306 e. The first-order chi connectivity index (χ1) is 9.49. The maximum absolute atomic E-state index is 4.61. The van der Waals surface area contributed by atoms with Crippen LogP contribution in [0.5, 0.6) is 0 Å². The average molecular weight is 292 g/mol. The molecule has 0 aliphatic carbocycles. The van der Waals surface area contributed by atoms with Crippen LogP contribution in [0.3, 0.4) is 0 Å². The maximum Gasteiger partial charge on any atom is 0.0928 e. The molecule has 2 N–H and O–H groups in total. The summed E-state index contributed by atoms with van der Waals surface area (Å²) in [5.74, 6) is 0. The smallest absolute Gasteiger partial charge is 0.0928 e. The van der Waals surface area contributed by atoms with Crippen molar-refractivity contribution in [3.8, 4) is 0 Å². The van der Waals surface area contributed by atoms with Gasteiger partial charge >= 0.3 is 0 Å². The molecule has 0 saturated carbocycles. The number of rotatable bonds is 6. The summed E-state index contributed by atoms with van der Waals surface area (Å²) in [5, 5.41) is 12.2. The summed E-state index contributed by atoms with van der Waals surface area (Å²) in [7, 11) is 0. The minimum absolute atomic E-state index is 0.336. The highest BCUT2D eigenvalue weighted by Gasteiger charge is 2.16. The van der Waals surface area contributed by atoms with Gasteiger partial charge in [0, 0.05) is 29.1 Å². The molecule has 0 spiro atoms. The molecule has 2 aromatic rings. The van der Waals surface area contributed by atoms with E-state index in [0.29, 0.717) is 12.1 Å². The molecule has 5 heteroatoms. The van der Waals surface area contributed by atoms with E-state index in [1.54, 1.807) is 0 Å². The second-order valence-electron chi connectivity index (χ2n) is 5.45. The highest BCUT2D eigenvalue weighted by atomic mass is 32.1. The Hall–Kier alpha value is -1.20. The van der Waals surface area contributed by atoms with Crippen LogP contribution >= 0.6 is 11.3 Å². The number of aromatic amines is 1. The highest BCUT2D eigenvalue weighted by Crippen LogP contribution is 2.25. The van der Waals surface area contributed by atoms with Crippen molar-refractivity contribution in [1.29, 1.82) is 0 Å². The largest absolute Gasteiger partial charge is 0.306 e. The van der Waals surface area contributed by atoms with E-state index in [2.05, 4.69) is 54.3 Å². The number of hydrogen-bond acceptors (Lipinski definition) is 4. The van der Waals surface area contributed by atoms with Gasteiger partial charge < -0.3 is 5.32 Å². The second kappa shape index (κ2) is 6.50. The van der Waals surface area contributed by atoms with Gasteiger partial charge in [-0.15, -0.1) is 11.3 Å². The third-order valence-electron chi connectivity index (χ3n) is 3.38. The Labute approximate surface area is 125 Å². The van der Waals surface area contributed by atoms with Crippen LogP contribution in [0.25, 0.3) is 0 Å². The molecule has 0 radical (unpaired) electrons. The zero-order valence-corrected chi connectivity index (χ0v) is 13.8. The normalized spacial score (nSPS) is 14.4. The lowest BCUT2D eigenvalue weighted by Crippen LogP contribution is -2.30. The molecule has 0 bridgehead atoms. The third kappa shape index (κ3) is 3.67. The van der Waals surface area contributed by atoms with Crippen molar-refractivity contribution in [2.24, 2.45) is 0 Å². The molecule has 0 saturated heterocycles. The fourth-order valence-electron chi connectivity index (χ4n) is 2.47. The van der Waals surface area contributed by atoms with E-state index in [1.165, 1.54) is 9.88 Å². The molecule has 2 rings (SSSR count). The van der Waals surface area contributed by atoms with Crippen molar-refractivity contribution in [2.75, 3.05) is 0 Å². The molecule has 0 unspecified atom stereocenters. The summed E-state index contributed by atoms with van der Waals surface area (Å²) in [5.41, 5.74) is 3.39. The van der Waals surface area contributed by atoms with E-state index in [0.717, 1.165) is 29.9 Å². The van der Waals surface area contributed by atoms with Crippen molar-refractivity contribution in [1.82, 2.24) is 20.5 Å². The van der Waals surface area contributed by atoms with Crippen LogP contribution in [0.2, 0.25) is 0 Å². The van der Waals surface area contributed by atoms with Gasteiger partial charge in [0.25, 0.3) is 0 Å². The summed E-state index contributed by atoms with van der Waals surface area (Å²) in [6.45, 7) is 10.7. The molecule has 0 aromatic carbocycles. The van der Waals surface area contributed by atoms with Gasteiger partial charge in [0.1, 0.15) is 0 Å². The van der Waals surface area contributed by atoms with Gasteiger partial charge in [-0.3, -0.25) is 5.10 Å². The van der Waals surface area contributed by atoms with Crippen molar-refractivity contribution >= 4 is 11.3 Å². The number of hydrogen-bond donors (Lipinski definition) is 2. The summed E-state index contributed by atoms with van der Waals surface area (Å²) in [6.07, 6.45) is 1.95. The molecule has 4 nitrogen and oxygen atoms in total. The number of aromatic nitrogens is 3. The molecule has 0 fully saturated rings. The monoisotopic (exact) mass is 292 g/mol. The fraction of sp³-hybridized carbons (Fsp3) is 0.600. The Bertz CT molecular complexity index is 558. The summed E-state index contributed by atoms with van der Waals surface area (Å²) < 4.78 is 0. The van der Waals surface area contributed by atoms with Crippen molar-refractivity contribution in [2.45, 2.75) is 59.5 Å². The second-order valence-corrected chi connectivity index (χ2v) is 6.56. The molecule has 110 valence electrons. The van der Waals surface area contributed by atoms with Crippen molar-refractivity contribution in [3.05, 3.63) is 33.0 Å².